The van der Waals surface area contributed by atoms with E-state index in [4.69, 9.17) is 0 Å². The lowest BCUT2D eigenvalue weighted by Crippen LogP contribution is -2.33. The average Bonchev–Trinajstić information content (AvgIpc) is 2.80. The molecule has 0 spiro atoms. The summed E-state index contributed by atoms with van der Waals surface area (Å²) in [6.45, 7) is 3.28. The van der Waals surface area contributed by atoms with E-state index in [2.05, 4.69) is 34.6 Å². The van der Waals surface area contributed by atoms with Crippen LogP contribution in [-0.2, 0) is 12.8 Å². The number of H-pyrrole nitrogens is 1. The third kappa shape index (κ3) is 1.17. The van der Waals surface area contributed by atoms with Gasteiger partial charge in [0.15, 0.2) is 0 Å². The maximum absolute atomic E-state index is 4.21. The maximum Gasteiger partial charge on any atom is 0.0689 e. The van der Waals surface area contributed by atoms with Crippen molar-refractivity contribution in [1.82, 2.24) is 15.5 Å². The zero-order chi connectivity index (χ0) is 11.4. The molecule has 1 atom stereocenters. The molecule has 0 amide bonds. The van der Waals surface area contributed by atoms with Gasteiger partial charge in [-0.3, -0.25) is 5.10 Å². The third-order valence-corrected chi connectivity index (χ3v) is 4.07. The summed E-state index contributed by atoms with van der Waals surface area (Å²) >= 11 is 0. The highest BCUT2D eigenvalue weighted by Crippen LogP contribution is 2.42. The highest BCUT2D eigenvalue weighted by atomic mass is 15.1. The second-order valence-corrected chi connectivity index (χ2v) is 5.06. The Hall–Kier alpha value is -1.61. The van der Waals surface area contributed by atoms with E-state index in [1.807, 2.05) is 6.20 Å². The van der Waals surface area contributed by atoms with Crippen molar-refractivity contribution in [2.45, 2.75) is 25.8 Å². The first-order valence-corrected chi connectivity index (χ1v) is 6.23. The molecule has 86 valence electrons. The zero-order valence-corrected chi connectivity index (χ0v) is 9.88. The second kappa shape index (κ2) is 3.20. The van der Waals surface area contributed by atoms with E-state index in [0.717, 1.165) is 19.4 Å². The zero-order valence-electron chi connectivity index (χ0n) is 9.88. The molecule has 0 saturated carbocycles. The molecule has 1 aliphatic carbocycles. The van der Waals surface area contributed by atoms with E-state index in [9.17, 15) is 0 Å². The largest absolute Gasteiger partial charge is 0.309 e. The van der Waals surface area contributed by atoms with Gasteiger partial charge in [0, 0.05) is 11.6 Å². The van der Waals surface area contributed by atoms with Crippen molar-refractivity contribution in [3.8, 4) is 11.3 Å². The number of fused-ring (bicyclic) bond motifs is 2. The molecule has 0 bridgehead atoms. The standard InChI is InChI=1S/C14H15N3/c1-8-2-3-9-4-5-15-11-6-10-7-16-17-14(10)12(8)13(9)11/h2-3,7,11,15H,4-6H2,1H3,(H,16,17). The van der Waals surface area contributed by atoms with Crippen LogP contribution in [0.1, 0.15) is 28.3 Å². The van der Waals surface area contributed by atoms with Crippen molar-refractivity contribution in [2.75, 3.05) is 6.54 Å². The minimum absolute atomic E-state index is 0.485. The number of hydrogen-bond donors (Lipinski definition) is 2. The van der Waals surface area contributed by atoms with Crippen LogP contribution in [-0.4, -0.2) is 16.7 Å². The molecule has 4 rings (SSSR count). The Morgan fingerprint density at radius 2 is 2.24 bits per heavy atom. The Balaban J connectivity index is 2.09. The Kier molecular flexibility index (Phi) is 1.77. The second-order valence-electron chi connectivity index (χ2n) is 5.06. The van der Waals surface area contributed by atoms with Gasteiger partial charge < -0.3 is 5.32 Å². The number of aromatic amines is 1. The Labute approximate surface area is 100 Å². The molecule has 2 aromatic rings. The summed E-state index contributed by atoms with van der Waals surface area (Å²) in [6.07, 6.45) is 4.18. The molecule has 3 nitrogen and oxygen atoms in total. The van der Waals surface area contributed by atoms with E-state index in [1.165, 1.54) is 33.5 Å². The number of hydrogen-bond acceptors (Lipinski definition) is 2. The lowest BCUT2D eigenvalue weighted by Gasteiger charge is -2.33. The minimum atomic E-state index is 0.485. The van der Waals surface area contributed by atoms with Gasteiger partial charge in [0.25, 0.3) is 0 Å². The van der Waals surface area contributed by atoms with Crippen molar-refractivity contribution in [3.05, 3.63) is 40.6 Å². The van der Waals surface area contributed by atoms with Gasteiger partial charge in [0.2, 0.25) is 0 Å². The molecule has 2 N–H and O–H groups in total. The molecule has 0 fully saturated rings. The van der Waals surface area contributed by atoms with Gasteiger partial charge in [-0.15, -0.1) is 0 Å². The molecular weight excluding hydrogens is 210 g/mol. The summed E-state index contributed by atoms with van der Waals surface area (Å²) in [5.74, 6) is 0. The fraction of sp³-hybridized carbons (Fsp3) is 0.357. The number of nitrogens with zero attached hydrogens (tertiary/aromatic N) is 1. The number of aryl methyl sites for hydroxylation is 1. The summed E-state index contributed by atoms with van der Waals surface area (Å²) in [5.41, 5.74) is 8.33. The van der Waals surface area contributed by atoms with Crippen LogP contribution < -0.4 is 5.32 Å². The van der Waals surface area contributed by atoms with Crippen LogP contribution >= 0.6 is 0 Å². The first-order chi connectivity index (χ1) is 8.34. The molecule has 2 aliphatic rings. The molecule has 2 heterocycles. The fourth-order valence-electron chi connectivity index (χ4n) is 3.28. The van der Waals surface area contributed by atoms with Gasteiger partial charge in [-0.1, -0.05) is 12.1 Å². The number of nitrogens with one attached hydrogen (secondary N) is 2. The predicted molar refractivity (Wildman–Crippen MR) is 66.9 cm³/mol. The first-order valence-electron chi connectivity index (χ1n) is 6.23. The monoisotopic (exact) mass is 225 g/mol. The van der Waals surface area contributed by atoms with Gasteiger partial charge in [0.05, 0.1) is 11.9 Å². The summed E-state index contributed by atoms with van der Waals surface area (Å²) in [4.78, 5) is 0. The maximum atomic E-state index is 4.21. The lowest BCUT2D eigenvalue weighted by atomic mass is 9.79. The van der Waals surface area contributed by atoms with Crippen molar-refractivity contribution in [1.29, 1.82) is 0 Å². The molecule has 1 aliphatic heterocycles. The van der Waals surface area contributed by atoms with Gasteiger partial charge in [-0.2, -0.15) is 5.10 Å². The van der Waals surface area contributed by atoms with Gasteiger partial charge in [-0.05, 0) is 48.6 Å². The lowest BCUT2D eigenvalue weighted by molar-refractivity contribution is 0.498. The number of benzene rings is 1. The molecule has 17 heavy (non-hydrogen) atoms. The topological polar surface area (TPSA) is 40.7 Å². The third-order valence-electron chi connectivity index (χ3n) is 4.07. The van der Waals surface area contributed by atoms with Crippen molar-refractivity contribution in [3.63, 3.8) is 0 Å². The predicted octanol–water partition coefficient (Wildman–Crippen LogP) is 2.13. The number of rotatable bonds is 0. The van der Waals surface area contributed by atoms with Crippen LogP contribution in [0.5, 0.6) is 0 Å². The van der Waals surface area contributed by atoms with Crippen molar-refractivity contribution in [2.24, 2.45) is 0 Å². The van der Waals surface area contributed by atoms with Crippen LogP contribution in [0.15, 0.2) is 18.3 Å². The molecular formula is C14H15N3. The normalized spacial score (nSPS) is 20.9. The molecule has 0 radical (unpaired) electrons. The molecule has 1 aromatic heterocycles. The van der Waals surface area contributed by atoms with Crippen LogP contribution in [0.4, 0.5) is 0 Å². The quantitative estimate of drug-likeness (QED) is 0.721. The van der Waals surface area contributed by atoms with Gasteiger partial charge >= 0.3 is 0 Å². The minimum Gasteiger partial charge on any atom is -0.309 e. The first kappa shape index (κ1) is 9.42. The summed E-state index contributed by atoms with van der Waals surface area (Å²) in [6, 6.07) is 5.02. The van der Waals surface area contributed by atoms with E-state index in [0.29, 0.717) is 6.04 Å². The van der Waals surface area contributed by atoms with E-state index in [-0.39, 0.29) is 0 Å². The van der Waals surface area contributed by atoms with E-state index >= 15 is 0 Å². The molecule has 1 aromatic carbocycles. The Bertz CT molecular complexity index is 598. The molecule has 0 saturated heterocycles. The molecule has 3 heteroatoms. The average molecular weight is 225 g/mol. The molecule has 1 unspecified atom stereocenters. The van der Waals surface area contributed by atoms with Gasteiger partial charge in [0.1, 0.15) is 0 Å². The van der Waals surface area contributed by atoms with Crippen LogP contribution in [0.2, 0.25) is 0 Å². The Morgan fingerprint density at radius 1 is 1.29 bits per heavy atom. The van der Waals surface area contributed by atoms with Crippen molar-refractivity contribution >= 4 is 0 Å². The highest BCUT2D eigenvalue weighted by Gasteiger charge is 2.31. The van der Waals surface area contributed by atoms with Crippen LogP contribution in [0.3, 0.4) is 0 Å². The smallest absolute Gasteiger partial charge is 0.0689 e. The van der Waals surface area contributed by atoms with E-state index in [1.54, 1.807) is 0 Å². The van der Waals surface area contributed by atoms with Crippen molar-refractivity contribution < 1.29 is 0 Å². The fourth-order valence-corrected chi connectivity index (χ4v) is 3.28. The summed E-state index contributed by atoms with van der Waals surface area (Å²) in [5, 5.41) is 11.0. The summed E-state index contributed by atoms with van der Waals surface area (Å²) < 4.78 is 0. The number of aromatic nitrogens is 2. The van der Waals surface area contributed by atoms with Crippen LogP contribution in [0, 0.1) is 6.92 Å². The summed E-state index contributed by atoms with van der Waals surface area (Å²) in [7, 11) is 0. The SMILES string of the molecule is Cc1ccc2c3c1-c1[nH]ncc1CC3NCC2. The highest BCUT2D eigenvalue weighted by molar-refractivity contribution is 5.75. The van der Waals surface area contributed by atoms with Crippen LogP contribution in [0.25, 0.3) is 11.3 Å². The van der Waals surface area contributed by atoms with E-state index < -0.39 is 0 Å². The Morgan fingerprint density at radius 3 is 3.18 bits per heavy atom. The van der Waals surface area contributed by atoms with Gasteiger partial charge in [-0.25, -0.2) is 0 Å².